The number of hydrogen-bond acceptors (Lipinski definition) is 3. The molecular weight excluding hydrogens is 393 g/mol. The lowest BCUT2D eigenvalue weighted by Crippen LogP contribution is -2.44. The van der Waals surface area contributed by atoms with Crippen LogP contribution in [0.25, 0.3) is 5.69 Å². The van der Waals surface area contributed by atoms with Crippen molar-refractivity contribution in [3.8, 4) is 5.69 Å². The van der Waals surface area contributed by atoms with Gasteiger partial charge in [0.1, 0.15) is 0 Å². The van der Waals surface area contributed by atoms with Crippen LogP contribution in [0.5, 0.6) is 0 Å². The minimum absolute atomic E-state index is 0. The van der Waals surface area contributed by atoms with Crippen LogP contribution in [0.1, 0.15) is 47.3 Å². The van der Waals surface area contributed by atoms with E-state index in [2.05, 4.69) is 10.4 Å². The second-order valence-corrected chi connectivity index (χ2v) is 6.96. The first-order valence-corrected chi connectivity index (χ1v) is 9.04. The molecule has 2 unspecified atom stereocenters. The third-order valence-corrected chi connectivity index (χ3v) is 5.20. The van der Waals surface area contributed by atoms with E-state index in [1.165, 1.54) is 23.0 Å². The first kappa shape index (κ1) is 22.2. The van der Waals surface area contributed by atoms with Gasteiger partial charge in [0.2, 0.25) is 0 Å². The molecule has 1 aromatic carbocycles. The van der Waals surface area contributed by atoms with Gasteiger partial charge in [-0.3, -0.25) is 4.79 Å². The van der Waals surface area contributed by atoms with Gasteiger partial charge < -0.3 is 11.1 Å². The maximum Gasteiger partial charge on any atom is 0.416 e. The molecule has 0 aliphatic heterocycles. The fraction of sp³-hybridized carbons (Fsp3) is 0.474. The van der Waals surface area contributed by atoms with Crippen molar-refractivity contribution in [3.63, 3.8) is 0 Å². The Kier molecular flexibility index (Phi) is 7.11. The summed E-state index contributed by atoms with van der Waals surface area (Å²) in [5.41, 5.74) is 6.16. The van der Waals surface area contributed by atoms with Crippen molar-refractivity contribution in [2.24, 2.45) is 11.7 Å². The van der Waals surface area contributed by atoms with E-state index in [-0.39, 0.29) is 36.0 Å². The van der Waals surface area contributed by atoms with E-state index >= 15 is 0 Å². The molecule has 3 N–H and O–H groups in total. The minimum Gasteiger partial charge on any atom is -0.349 e. The van der Waals surface area contributed by atoms with Crippen LogP contribution in [0.4, 0.5) is 13.2 Å². The summed E-state index contributed by atoms with van der Waals surface area (Å²) < 4.78 is 40.2. The number of carbonyl (C=O) groups is 1. The Balaban J connectivity index is 0.00000280. The van der Waals surface area contributed by atoms with Crippen molar-refractivity contribution in [3.05, 3.63) is 47.3 Å². The van der Waals surface area contributed by atoms with Crippen molar-refractivity contribution >= 4 is 18.3 Å². The molecule has 2 atom stereocenters. The zero-order valence-corrected chi connectivity index (χ0v) is 16.3. The molecular formula is C19H24ClF3N4O. The fourth-order valence-electron chi connectivity index (χ4n) is 3.63. The molecule has 3 rings (SSSR count). The van der Waals surface area contributed by atoms with Gasteiger partial charge >= 0.3 is 6.18 Å². The monoisotopic (exact) mass is 416 g/mol. The molecule has 1 amide bonds. The molecule has 1 aromatic heterocycles. The Hall–Kier alpha value is -2.06. The molecule has 154 valence electrons. The van der Waals surface area contributed by atoms with Crippen LogP contribution in [0.15, 0.2) is 30.5 Å². The summed E-state index contributed by atoms with van der Waals surface area (Å²) in [7, 11) is 0. The second kappa shape index (κ2) is 8.96. The topological polar surface area (TPSA) is 72.9 Å². The highest BCUT2D eigenvalue weighted by Crippen LogP contribution is 2.30. The smallest absolute Gasteiger partial charge is 0.349 e. The summed E-state index contributed by atoms with van der Waals surface area (Å²) in [5.74, 6) is -0.0161. The largest absolute Gasteiger partial charge is 0.416 e. The van der Waals surface area contributed by atoms with E-state index in [1.807, 2.05) is 0 Å². The van der Waals surface area contributed by atoms with Crippen LogP contribution in [-0.2, 0) is 6.18 Å². The van der Waals surface area contributed by atoms with Crippen molar-refractivity contribution in [2.75, 3.05) is 6.54 Å². The van der Waals surface area contributed by atoms with E-state index < -0.39 is 11.7 Å². The number of nitrogens with zero attached hydrogens (tertiary/aromatic N) is 2. The number of amides is 1. The third kappa shape index (κ3) is 4.67. The highest BCUT2D eigenvalue weighted by molar-refractivity contribution is 5.95. The number of hydrogen-bond donors (Lipinski definition) is 2. The summed E-state index contributed by atoms with van der Waals surface area (Å²) in [5, 5.41) is 7.15. The van der Waals surface area contributed by atoms with Crippen molar-refractivity contribution in [1.29, 1.82) is 0 Å². The zero-order chi connectivity index (χ0) is 19.6. The number of halogens is 4. The molecule has 5 nitrogen and oxygen atoms in total. The highest BCUT2D eigenvalue weighted by Gasteiger charge is 2.31. The first-order valence-electron chi connectivity index (χ1n) is 9.04. The summed E-state index contributed by atoms with van der Waals surface area (Å²) in [6, 6.07) is 4.90. The van der Waals surface area contributed by atoms with Crippen molar-refractivity contribution in [2.45, 2.75) is 44.8 Å². The zero-order valence-electron chi connectivity index (χ0n) is 15.5. The van der Waals surface area contributed by atoms with Crippen molar-refractivity contribution < 1.29 is 18.0 Å². The lowest BCUT2D eigenvalue weighted by Gasteiger charge is -2.31. The Labute approximate surface area is 167 Å². The molecule has 9 heteroatoms. The molecule has 1 aliphatic rings. The summed E-state index contributed by atoms with van der Waals surface area (Å²) >= 11 is 0. The van der Waals surface area contributed by atoms with E-state index in [0.717, 1.165) is 37.8 Å². The van der Waals surface area contributed by atoms with Gasteiger partial charge in [-0.25, -0.2) is 4.68 Å². The maximum atomic E-state index is 12.9. The average Bonchev–Trinajstić information content (AvgIpc) is 3.03. The predicted octanol–water partition coefficient (Wildman–Crippen LogP) is 3.87. The van der Waals surface area contributed by atoms with Crippen LogP contribution < -0.4 is 11.1 Å². The average molecular weight is 417 g/mol. The fourth-order valence-corrected chi connectivity index (χ4v) is 3.63. The lowest BCUT2D eigenvalue weighted by atomic mass is 9.84. The van der Waals surface area contributed by atoms with Gasteiger partial charge in [0, 0.05) is 6.04 Å². The number of rotatable bonds is 4. The number of alkyl halides is 3. The number of nitrogens with one attached hydrogen (secondary N) is 1. The van der Waals surface area contributed by atoms with E-state index in [0.29, 0.717) is 17.8 Å². The van der Waals surface area contributed by atoms with Crippen LogP contribution >= 0.6 is 12.4 Å². The molecule has 0 bridgehead atoms. The van der Waals surface area contributed by atoms with Crippen LogP contribution in [-0.4, -0.2) is 28.3 Å². The summed E-state index contributed by atoms with van der Waals surface area (Å²) in [6.45, 7) is 2.19. The van der Waals surface area contributed by atoms with E-state index in [4.69, 9.17) is 5.73 Å². The van der Waals surface area contributed by atoms with Gasteiger partial charge in [-0.05, 0) is 50.4 Å². The number of aromatic nitrogens is 2. The predicted molar refractivity (Wildman–Crippen MR) is 103 cm³/mol. The van der Waals surface area contributed by atoms with Gasteiger partial charge in [0.25, 0.3) is 5.91 Å². The van der Waals surface area contributed by atoms with Gasteiger partial charge in [-0.2, -0.15) is 18.3 Å². The van der Waals surface area contributed by atoms with Gasteiger partial charge in [0.05, 0.1) is 28.7 Å². The number of benzene rings is 1. The van der Waals surface area contributed by atoms with Crippen LogP contribution in [0, 0.1) is 12.8 Å². The SMILES string of the molecule is Cc1c(C(=O)NC2CCCCC2CN)cnn1-c1cccc(C(F)(F)F)c1.Cl. The minimum atomic E-state index is -4.44. The normalized spacial score (nSPS) is 19.8. The quantitative estimate of drug-likeness (QED) is 0.794. The van der Waals surface area contributed by atoms with Gasteiger partial charge in [-0.1, -0.05) is 18.9 Å². The molecule has 0 saturated heterocycles. The molecule has 0 spiro atoms. The van der Waals surface area contributed by atoms with Crippen molar-refractivity contribution in [1.82, 2.24) is 15.1 Å². The molecule has 1 heterocycles. The standard InChI is InChI=1S/C19H23F3N4O.ClH/c1-12-16(18(27)25-17-8-3-2-5-13(17)10-23)11-24-26(12)15-7-4-6-14(9-15)19(20,21)22;/h4,6-7,9,11,13,17H,2-3,5,8,10,23H2,1H3,(H,25,27);1H. The molecule has 1 fully saturated rings. The second-order valence-electron chi connectivity index (χ2n) is 6.96. The first-order chi connectivity index (χ1) is 12.8. The Bertz CT molecular complexity index is 822. The number of nitrogens with two attached hydrogens (primary N) is 1. The Morgan fingerprint density at radius 3 is 2.71 bits per heavy atom. The number of carbonyl (C=O) groups excluding carboxylic acids is 1. The van der Waals surface area contributed by atoms with Crippen LogP contribution in [0.2, 0.25) is 0 Å². The molecule has 1 saturated carbocycles. The molecule has 28 heavy (non-hydrogen) atoms. The van der Waals surface area contributed by atoms with Crippen LogP contribution in [0.3, 0.4) is 0 Å². The summed E-state index contributed by atoms with van der Waals surface area (Å²) in [4.78, 5) is 12.7. The maximum absolute atomic E-state index is 12.9. The Morgan fingerprint density at radius 1 is 1.32 bits per heavy atom. The third-order valence-electron chi connectivity index (χ3n) is 5.20. The lowest BCUT2D eigenvalue weighted by molar-refractivity contribution is -0.137. The van der Waals surface area contributed by atoms with E-state index in [9.17, 15) is 18.0 Å². The van der Waals surface area contributed by atoms with E-state index in [1.54, 1.807) is 6.92 Å². The van der Waals surface area contributed by atoms with Gasteiger partial charge in [0.15, 0.2) is 0 Å². The molecule has 2 aromatic rings. The Morgan fingerprint density at radius 2 is 2.04 bits per heavy atom. The molecule has 1 aliphatic carbocycles. The van der Waals surface area contributed by atoms with Gasteiger partial charge in [-0.15, -0.1) is 12.4 Å². The molecule has 0 radical (unpaired) electrons. The highest BCUT2D eigenvalue weighted by atomic mass is 35.5. The summed E-state index contributed by atoms with van der Waals surface area (Å²) in [6.07, 6.45) is 0.990.